The Bertz CT molecular complexity index is 605. The van der Waals surface area contributed by atoms with E-state index in [0.717, 1.165) is 17.7 Å². The van der Waals surface area contributed by atoms with E-state index in [2.05, 4.69) is 25.2 Å². The van der Waals surface area contributed by atoms with Crippen molar-refractivity contribution in [2.24, 2.45) is 0 Å². The quantitative estimate of drug-likeness (QED) is 0.815. The van der Waals surface area contributed by atoms with Gasteiger partial charge >= 0.3 is 0 Å². The van der Waals surface area contributed by atoms with Crippen molar-refractivity contribution in [2.45, 2.75) is 32.6 Å². The third-order valence-corrected chi connectivity index (χ3v) is 3.72. The molecular weight excluding hydrogens is 260 g/mol. The molecule has 1 amide bonds. The fourth-order valence-corrected chi connectivity index (χ4v) is 2.28. The minimum absolute atomic E-state index is 0.00414. The van der Waals surface area contributed by atoms with Crippen LogP contribution in [0.2, 0.25) is 0 Å². The SMILES string of the molecule is CC[C@@H](C)c1ccccc1NC(=O)Cc1ccc(N)cc1. The molecule has 3 N–H and O–H groups in total. The van der Waals surface area contributed by atoms with Crippen molar-refractivity contribution in [3.63, 3.8) is 0 Å². The van der Waals surface area contributed by atoms with E-state index >= 15 is 0 Å². The van der Waals surface area contributed by atoms with Crippen LogP contribution in [0.25, 0.3) is 0 Å². The van der Waals surface area contributed by atoms with Crippen molar-refractivity contribution in [2.75, 3.05) is 11.1 Å². The first-order valence-electron chi connectivity index (χ1n) is 7.33. The lowest BCUT2D eigenvalue weighted by atomic mass is 9.97. The number of carbonyl (C=O) groups excluding carboxylic acids is 1. The van der Waals surface area contributed by atoms with Gasteiger partial charge in [0.05, 0.1) is 6.42 Å². The molecule has 2 aromatic carbocycles. The number of nitrogens with two attached hydrogens (primary N) is 1. The Balaban J connectivity index is 2.07. The second kappa shape index (κ2) is 6.93. The summed E-state index contributed by atoms with van der Waals surface area (Å²) in [6.45, 7) is 4.32. The highest BCUT2D eigenvalue weighted by Gasteiger charge is 2.11. The van der Waals surface area contributed by atoms with Gasteiger partial charge in [-0.2, -0.15) is 0 Å². The number of nitrogen functional groups attached to an aromatic ring is 1. The van der Waals surface area contributed by atoms with E-state index in [9.17, 15) is 4.79 Å². The lowest BCUT2D eigenvalue weighted by Crippen LogP contribution is -2.16. The molecule has 0 bridgehead atoms. The highest BCUT2D eigenvalue weighted by Crippen LogP contribution is 2.26. The first-order valence-corrected chi connectivity index (χ1v) is 7.33. The number of hydrogen-bond acceptors (Lipinski definition) is 2. The molecule has 110 valence electrons. The molecule has 0 aliphatic rings. The van der Waals surface area contributed by atoms with Gasteiger partial charge in [-0.25, -0.2) is 0 Å². The fraction of sp³-hybridized carbons (Fsp3) is 0.278. The summed E-state index contributed by atoms with van der Waals surface area (Å²) in [7, 11) is 0. The summed E-state index contributed by atoms with van der Waals surface area (Å²) in [5.41, 5.74) is 9.41. The van der Waals surface area contributed by atoms with Crippen LogP contribution in [-0.4, -0.2) is 5.91 Å². The molecule has 3 heteroatoms. The number of amides is 1. The van der Waals surface area contributed by atoms with Crippen LogP contribution in [0.1, 0.15) is 37.3 Å². The number of rotatable bonds is 5. The molecule has 2 rings (SSSR count). The average molecular weight is 282 g/mol. The lowest BCUT2D eigenvalue weighted by molar-refractivity contribution is -0.115. The zero-order valence-electron chi connectivity index (χ0n) is 12.6. The molecule has 0 saturated heterocycles. The van der Waals surface area contributed by atoms with Crippen LogP contribution < -0.4 is 11.1 Å². The van der Waals surface area contributed by atoms with Crippen LogP contribution in [0.15, 0.2) is 48.5 Å². The van der Waals surface area contributed by atoms with Gasteiger partial charge < -0.3 is 11.1 Å². The highest BCUT2D eigenvalue weighted by molar-refractivity contribution is 5.93. The van der Waals surface area contributed by atoms with Crippen molar-refractivity contribution in [1.29, 1.82) is 0 Å². The van der Waals surface area contributed by atoms with Crippen LogP contribution in [0.3, 0.4) is 0 Å². The molecule has 0 radical (unpaired) electrons. The van der Waals surface area contributed by atoms with E-state index in [1.165, 1.54) is 5.56 Å². The van der Waals surface area contributed by atoms with Gasteiger partial charge in [-0.05, 0) is 41.7 Å². The molecule has 0 saturated carbocycles. The monoisotopic (exact) mass is 282 g/mol. The molecule has 0 unspecified atom stereocenters. The Hall–Kier alpha value is -2.29. The smallest absolute Gasteiger partial charge is 0.228 e. The van der Waals surface area contributed by atoms with Crippen molar-refractivity contribution in [1.82, 2.24) is 0 Å². The van der Waals surface area contributed by atoms with Gasteiger partial charge in [0.15, 0.2) is 0 Å². The maximum atomic E-state index is 12.2. The number of carbonyl (C=O) groups is 1. The lowest BCUT2D eigenvalue weighted by Gasteiger charge is -2.15. The molecule has 0 aliphatic carbocycles. The minimum atomic E-state index is -0.00414. The molecule has 0 aliphatic heterocycles. The van der Waals surface area contributed by atoms with E-state index in [1.54, 1.807) is 0 Å². The van der Waals surface area contributed by atoms with Crippen LogP contribution in [0, 0.1) is 0 Å². The van der Waals surface area contributed by atoms with Gasteiger partial charge in [0, 0.05) is 11.4 Å². The predicted octanol–water partition coefficient (Wildman–Crippen LogP) is 3.96. The third-order valence-electron chi connectivity index (χ3n) is 3.72. The van der Waals surface area contributed by atoms with Gasteiger partial charge in [0.1, 0.15) is 0 Å². The maximum Gasteiger partial charge on any atom is 0.228 e. The van der Waals surface area contributed by atoms with E-state index in [0.29, 0.717) is 18.0 Å². The topological polar surface area (TPSA) is 55.1 Å². The van der Waals surface area contributed by atoms with E-state index in [4.69, 9.17) is 5.73 Å². The molecule has 2 aromatic rings. The number of nitrogens with one attached hydrogen (secondary N) is 1. The van der Waals surface area contributed by atoms with Crippen LogP contribution in [0.4, 0.5) is 11.4 Å². The third kappa shape index (κ3) is 4.09. The van der Waals surface area contributed by atoms with Crippen LogP contribution in [0.5, 0.6) is 0 Å². The Morgan fingerprint density at radius 1 is 1.14 bits per heavy atom. The fourth-order valence-electron chi connectivity index (χ4n) is 2.28. The van der Waals surface area contributed by atoms with Crippen LogP contribution in [-0.2, 0) is 11.2 Å². The molecule has 0 aromatic heterocycles. The molecular formula is C18H22N2O. The standard InChI is InChI=1S/C18H22N2O/c1-3-13(2)16-6-4-5-7-17(16)20-18(21)12-14-8-10-15(19)11-9-14/h4-11,13H,3,12,19H2,1-2H3,(H,20,21)/t13-/m1/s1. The van der Waals surface area contributed by atoms with Gasteiger partial charge in [0.25, 0.3) is 0 Å². The Labute approximate surface area is 126 Å². The van der Waals surface area contributed by atoms with Gasteiger partial charge in [0.2, 0.25) is 5.91 Å². The number of anilines is 2. The molecule has 0 fully saturated rings. The predicted molar refractivity (Wildman–Crippen MR) is 88.3 cm³/mol. The second-order valence-electron chi connectivity index (χ2n) is 5.36. The van der Waals surface area contributed by atoms with E-state index in [-0.39, 0.29) is 5.91 Å². The highest BCUT2D eigenvalue weighted by atomic mass is 16.1. The molecule has 0 heterocycles. The van der Waals surface area contributed by atoms with Gasteiger partial charge in [-0.15, -0.1) is 0 Å². The van der Waals surface area contributed by atoms with Crippen LogP contribution >= 0.6 is 0 Å². The summed E-state index contributed by atoms with van der Waals surface area (Å²) in [4.78, 5) is 12.2. The van der Waals surface area contributed by atoms with Crippen molar-refractivity contribution < 1.29 is 4.79 Å². The summed E-state index contributed by atoms with van der Waals surface area (Å²) in [6, 6.07) is 15.4. The second-order valence-corrected chi connectivity index (χ2v) is 5.36. The van der Waals surface area contributed by atoms with Crippen molar-refractivity contribution >= 4 is 17.3 Å². The average Bonchev–Trinajstić information content (AvgIpc) is 2.49. The summed E-state index contributed by atoms with van der Waals surface area (Å²) < 4.78 is 0. The molecule has 3 nitrogen and oxygen atoms in total. The molecule has 0 spiro atoms. The maximum absolute atomic E-state index is 12.2. The van der Waals surface area contributed by atoms with E-state index in [1.807, 2.05) is 42.5 Å². The summed E-state index contributed by atoms with van der Waals surface area (Å²) >= 11 is 0. The van der Waals surface area contributed by atoms with Gasteiger partial charge in [-0.1, -0.05) is 44.2 Å². The number of benzene rings is 2. The first kappa shape index (κ1) is 15.1. The number of hydrogen-bond donors (Lipinski definition) is 2. The minimum Gasteiger partial charge on any atom is -0.399 e. The number of para-hydroxylation sites is 1. The van der Waals surface area contributed by atoms with Gasteiger partial charge in [-0.3, -0.25) is 4.79 Å². The zero-order chi connectivity index (χ0) is 15.2. The largest absolute Gasteiger partial charge is 0.399 e. The van der Waals surface area contributed by atoms with E-state index < -0.39 is 0 Å². The summed E-state index contributed by atoms with van der Waals surface area (Å²) in [6.07, 6.45) is 1.40. The Morgan fingerprint density at radius 2 is 1.81 bits per heavy atom. The molecule has 21 heavy (non-hydrogen) atoms. The summed E-state index contributed by atoms with van der Waals surface area (Å²) in [5, 5.41) is 3.02. The Kier molecular flexibility index (Phi) is 4.99. The zero-order valence-corrected chi connectivity index (χ0v) is 12.6. The first-order chi connectivity index (χ1) is 10.1. The van der Waals surface area contributed by atoms with Crippen molar-refractivity contribution in [3.05, 3.63) is 59.7 Å². The van der Waals surface area contributed by atoms with Crippen molar-refractivity contribution in [3.8, 4) is 0 Å². The molecule has 1 atom stereocenters. The normalized spacial score (nSPS) is 11.9. The Morgan fingerprint density at radius 3 is 2.48 bits per heavy atom. The summed E-state index contributed by atoms with van der Waals surface area (Å²) in [5.74, 6) is 0.425.